The quantitative estimate of drug-likeness (QED) is 0.906. The van der Waals surface area contributed by atoms with Gasteiger partial charge in [0.2, 0.25) is 5.91 Å². The lowest BCUT2D eigenvalue weighted by Crippen LogP contribution is -2.32. The van der Waals surface area contributed by atoms with Crippen molar-refractivity contribution < 1.29 is 14.3 Å². The molecule has 2 unspecified atom stereocenters. The SMILES string of the molecule is O=C1CC(CCOC2CCCCO2)(c2ccc(Cl)cc2)CN1. The Hall–Kier alpha value is -1.10. The van der Waals surface area contributed by atoms with Gasteiger partial charge in [0.15, 0.2) is 6.29 Å². The van der Waals surface area contributed by atoms with Gasteiger partial charge >= 0.3 is 0 Å². The van der Waals surface area contributed by atoms with Gasteiger partial charge in [-0.05, 0) is 43.4 Å². The maximum absolute atomic E-state index is 11.8. The van der Waals surface area contributed by atoms with Gasteiger partial charge in [-0.15, -0.1) is 0 Å². The average Bonchev–Trinajstić information content (AvgIpc) is 2.91. The maximum Gasteiger partial charge on any atom is 0.220 e. The summed E-state index contributed by atoms with van der Waals surface area (Å²) >= 11 is 5.97. The molecule has 0 saturated carbocycles. The molecule has 2 aliphatic rings. The number of carbonyl (C=O) groups excluding carboxylic acids is 1. The average molecular weight is 324 g/mol. The van der Waals surface area contributed by atoms with Crippen molar-refractivity contribution in [2.24, 2.45) is 0 Å². The predicted molar refractivity (Wildman–Crippen MR) is 84.9 cm³/mol. The van der Waals surface area contributed by atoms with Crippen LogP contribution >= 0.6 is 11.6 Å². The zero-order valence-electron chi connectivity index (χ0n) is 12.6. The van der Waals surface area contributed by atoms with E-state index in [-0.39, 0.29) is 17.6 Å². The smallest absolute Gasteiger partial charge is 0.220 e. The van der Waals surface area contributed by atoms with Crippen molar-refractivity contribution in [3.05, 3.63) is 34.9 Å². The summed E-state index contributed by atoms with van der Waals surface area (Å²) in [7, 11) is 0. The van der Waals surface area contributed by atoms with Crippen LogP contribution < -0.4 is 5.32 Å². The van der Waals surface area contributed by atoms with Gasteiger partial charge in [-0.25, -0.2) is 0 Å². The topological polar surface area (TPSA) is 47.6 Å². The molecule has 22 heavy (non-hydrogen) atoms. The van der Waals surface area contributed by atoms with E-state index < -0.39 is 0 Å². The van der Waals surface area contributed by atoms with Crippen molar-refractivity contribution in [2.75, 3.05) is 19.8 Å². The molecule has 5 heteroatoms. The van der Waals surface area contributed by atoms with Gasteiger partial charge < -0.3 is 14.8 Å². The Morgan fingerprint density at radius 3 is 2.77 bits per heavy atom. The summed E-state index contributed by atoms with van der Waals surface area (Å²) in [6.07, 6.45) is 4.46. The second-order valence-electron chi connectivity index (χ2n) is 6.16. The van der Waals surface area contributed by atoms with Crippen LogP contribution in [0.3, 0.4) is 0 Å². The third-order valence-electron chi connectivity index (χ3n) is 4.60. The number of amides is 1. The van der Waals surface area contributed by atoms with Crippen LogP contribution in [0, 0.1) is 0 Å². The first-order valence-corrected chi connectivity index (χ1v) is 8.32. The lowest BCUT2D eigenvalue weighted by molar-refractivity contribution is -0.164. The fraction of sp³-hybridized carbons (Fsp3) is 0.588. The standard InChI is InChI=1S/C17H22ClNO3/c18-14-6-4-13(5-7-14)17(11-15(20)19-12-17)8-10-22-16-3-1-2-9-21-16/h4-7,16H,1-3,8-12H2,(H,19,20). The Kier molecular flexibility index (Phi) is 5.01. The van der Waals surface area contributed by atoms with Gasteiger partial charge in [-0.3, -0.25) is 4.79 Å². The Bertz CT molecular complexity index is 513. The van der Waals surface area contributed by atoms with Crippen LogP contribution in [-0.4, -0.2) is 32.0 Å². The fourth-order valence-electron chi connectivity index (χ4n) is 3.26. The lowest BCUT2D eigenvalue weighted by Gasteiger charge is -2.29. The number of rotatable bonds is 5. The monoisotopic (exact) mass is 323 g/mol. The van der Waals surface area contributed by atoms with Crippen molar-refractivity contribution in [1.82, 2.24) is 5.32 Å². The first-order valence-electron chi connectivity index (χ1n) is 7.94. The molecule has 0 aliphatic carbocycles. The molecule has 0 bridgehead atoms. The molecule has 120 valence electrons. The zero-order valence-corrected chi connectivity index (χ0v) is 13.4. The van der Waals surface area contributed by atoms with Crippen molar-refractivity contribution in [1.29, 1.82) is 0 Å². The third kappa shape index (κ3) is 3.62. The summed E-state index contributed by atoms with van der Waals surface area (Å²) in [5.41, 5.74) is 0.944. The van der Waals surface area contributed by atoms with Gasteiger partial charge in [0, 0.05) is 30.0 Å². The van der Waals surface area contributed by atoms with E-state index >= 15 is 0 Å². The molecule has 4 nitrogen and oxygen atoms in total. The number of benzene rings is 1. The van der Waals surface area contributed by atoms with E-state index in [2.05, 4.69) is 5.32 Å². The van der Waals surface area contributed by atoms with Crippen LogP contribution in [-0.2, 0) is 19.7 Å². The summed E-state index contributed by atoms with van der Waals surface area (Å²) in [6.45, 7) is 2.04. The molecule has 1 amide bonds. The minimum Gasteiger partial charge on any atom is -0.355 e. The van der Waals surface area contributed by atoms with E-state index in [4.69, 9.17) is 21.1 Å². The van der Waals surface area contributed by atoms with Gasteiger partial charge in [0.1, 0.15) is 0 Å². The van der Waals surface area contributed by atoms with E-state index in [1.807, 2.05) is 24.3 Å². The van der Waals surface area contributed by atoms with Crippen LogP contribution in [0.1, 0.15) is 37.7 Å². The number of halogens is 1. The molecule has 2 fully saturated rings. The summed E-state index contributed by atoms with van der Waals surface area (Å²) < 4.78 is 11.5. The highest BCUT2D eigenvalue weighted by Gasteiger charge is 2.39. The predicted octanol–water partition coefficient (Wildman–Crippen LogP) is 3.03. The molecule has 1 aromatic rings. The van der Waals surface area contributed by atoms with Gasteiger partial charge in [-0.2, -0.15) is 0 Å². The van der Waals surface area contributed by atoms with E-state index in [1.165, 1.54) is 0 Å². The molecular weight excluding hydrogens is 302 g/mol. The Balaban J connectivity index is 1.64. The van der Waals surface area contributed by atoms with E-state index in [0.29, 0.717) is 24.6 Å². The fourth-order valence-corrected chi connectivity index (χ4v) is 3.38. The van der Waals surface area contributed by atoms with Crippen LogP contribution in [0.25, 0.3) is 0 Å². The largest absolute Gasteiger partial charge is 0.355 e. The Labute approximate surface area is 136 Å². The normalized spacial score (nSPS) is 28.6. The number of nitrogens with one attached hydrogen (secondary N) is 1. The first kappa shape index (κ1) is 15.8. The van der Waals surface area contributed by atoms with E-state index in [1.54, 1.807) is 0 Å². The Morgan fingerprint density at radius 2 is 2.14 bits per heavy atom. The molecule has 2 aliphatic heterocycles. The van der Waals surface area contributed by atoms with Crippen LogP contribution in [0.5, 0.6) is 0 Å². The highest BCUT2D eigenvalue weighted by atomic mass is 35.5. The van der Waals surface area contributed by atoms with Gasteiger partial charge in [0.05, 0.1) is 6.61 Å². The number of ether oxygens (including phenoxy) is 2. The van der Waals surface area contributed by atoms with E-state index in [9.17, 15) is 4.79 Å². The molecule has 0 aromatic heterocycles. The molecule has 1 N–H and O–H groups in total. The van der Waals surface area contributed by atoms with E-state index in [0.717, 1.165) is 37.9 Å². The second kappa shape index (κ2) is 6.99. The van der Waals surface area contributed by atoms with Gasteiger partial charge in [0.25, 0.3) is 0 Å². The highest BCUT2D eigenvalue weighted by molar-refractivity contribution is 6.30. The van der Waals surface area contributed by atoms with Crippen molar-refractivity contribution in [2.45, 2.75) is 43.8 Å². The van der Waals surface area contributed by atoms with Crippen molar-refractivity contribution in [3.63, 3.8) is 0 Å². The molecule has 0 spiro atoms. The molecule has 2 heterocycles. The van der Waals surface area contributed by atoms with Crippen molar-refractivity contribution >= 4 is 17.5 Å². The molecule has 2 atom stereocenters. The first-order chi connectivity index (χ1) is 10.7. The minimum atomic E-state index is -0.198. The lowest BCUT2D eigenvalue weighted by atomic mass is 9.77. The highest BCUT2D eigenvalue weighted by Crippen LogP contribution is 2.35. The molecule has 1 aromatic carbocycles. The number of hydrogen-bond acceptors (Lipinski definition) is 3. The molecule has 2 saturated heterocycles. The van der Waals surface area contributed by atoms with Crippen LogP contribution in [0.2, 0.25) is 5.02 Å². The maximum atomic E-state index is 11.8. The van der Waals surface area contributed by atoms with Gasteiger partial charge in [-0.1, -0.05) is 23.7 Å². The summed E-state index contributed by atoms with van der Waals surface area (Å²) in [5.74, 6) is 0.101. The van der Waals surface area contributed by atoms with Crippen LogP contribution in [0.15, 0.2) is 24.3 Å². The summed E-state index contributed by atoms with van der Waals surface area (Å²) in [4.78, 5) is 11.8. The minimum absolute atomic E-state index is 0.0823. The summed E-state index contributed by atoms with van der Waals surface area (Å²) in [5, 5.41) is 3.66. The third-order valence-corrected chi connectivity index (χ3v) is 4.85. The molecular formula is C17H22ClNO3. The second-order valence-corrected chi connectivity index (χ2v) is 6.59. The van der Waals surface area contributed by atoms with Crippen LogP contribution in [0.4, 0.5) is 0 Å². The number of carbonyl (C=O) groups is 1. The Morgan fingerprint density at radius 1 is 1.32 bits per heavy atom. The number of hydrogen-bond donors (Lipinski definition) is 1. The van der Waals surface area contributed by atoms with Crippen molar-refractivity contribution in [3.8, 4) is 0 Å². The molecule has 3 rings (SSSR count). The zero-order chi connectivity index (χ0) is 15.4. The summed E-state index contributed by atoms with van der Waals surface area (Å²) in [6, 6.07) is 7.79. The molecule has 0 radical (unpaired) electrons.